The quantitative estimate of drug-likeness (QED) is 0.625. The SMILES string of the molecule is Nc1c(C(=O)Nc2cccc(Br)c2)sc2nc3c(cc12)N1CCC3CC1. The van der Waals surface area contributed by atoms with Crippen molar-refractivity contribution in [1.82, 2.24) is 4.98 Å². The molecule has 3 N–H and O–H groups in total. The third-order valence-electron chi connectivity index (χ3n) is 5.24. The largest absolute Gasteiger partial charge is 0.397 e. The van der Waals surface area contributed by atoms with E-state index in [4.69, 9.17) is 10.7 Å². The van der Waals surface area contributed by atoms with Crippen LogP contribution in [0.2, 0.25) is 0 Å². The molecular formula is C19H17BrN4OS. The van der Waals surface area contributed by atoms with E-state index in [9.17, 15) is 4.79 Å². The van der Waals surface area contributed by atoms with Gasteiger partial charge in [-0.1, -0.05) is 22.0 Å². The van der Waals surface area contributed by atoms with Gasteiger partial charge in [-0.15, -0.1) is 11.3 Å². The number of hydrogen-bond donors (Lipinski definition) is 2. The Morgan fingerprint density at radius 1 is 1.31 bits per heavy atom. The van der Waals surface area contributed by atoms with Crippen molar-refractivity contribution in [3.63, 3.8) is 0 Å². The number of piperidine rings is 1. The molecule has 1 saturated heterocycles. The highest BCUT2D eigenvalue weighted by atomic mass is 79.9. The average Bonchev–Trinajstić information content (AvgIpc) is 2.98. The summed E-state index contributed by atoms with van der Waals surface area (Å²) >= 11 is 4.79. The Kier molecular flexibility index (Phi) is 3.68. The van der Waals surface area contributed by atoms with Gasteiger partial charge >= 0.3 is 0 Å². The second-order valence-corrected chi connectivity index (χ2v) is 8.73. The Morgan fingerprint density at radius 3 is 2.88 bits per heavy atom. The number of fused-ring (bicyclic) bond motifs is 3. The van der Waals surface area contributed by atoms with Crippen LogP contribution in [-0.2, 0) is 0 Å². The van der Waals surface area contributed by atoms with Gasteiger partial charge in [-0.05, 0) is 37.1 Å². The van der Waals surface area contributed by atoms with Gasteiger partial charge in [0.2, 0.25) is 0 Å². The van der Waals surface area contributed by atoms with Crippen molar-refractivity contribution in [1.29, 1.82) is 0 Å². The number of nitrogens with two attached hydrogens (primary N) is 1. The molecule has 26 heavy (non-hydrogen) atoms. The summed E-state index contributed by atoms with van der Waals surface area (Å²) < 4.78 is 0.915. The Bertz CT molecular complexity index is 1040. The van der Waals surface area contributed by atoms with Crippen LogP contribution >= 0.6 is 27.3 Å². The summed E-state index contributed by atoms with van der Waals surface area (Å²) in [5.74, 6) is 0.353. The predicted molar refractivity (Wildman–Crippen MR) is 110 cm³/mol. The first-order valence-corrected chi connectivity index (χ1v) is 10.3. The lowest BCUT2D eigenvalue weighted by Gasteiger charge is -2.41. The molecule has 0 atom stereocenters. The minimum atomic E-state index is -0.190. The second kappa shape index (κ2) is 5.96. The zero-order chi connectivity index (χ0) is 17.8. The van der Waals surface area contributed by atoms with Crippen molar-refractivity contribution in [2.24, 2.45) is 0 Å². The summed E-state index contributed by atoms with van der Waals surface area (Å²) in [6, 6.07) is 9.65. The molecule has 1 fully saturated rings. The molecule has 5 heterocycles. The van der Waals surface area contributed by atoms with E-state index in [0.717, 1.165) is 33.5 Å². The first-order chi connectivity index (χ1) is 12.6. The van der Waals surface area contributed by atoms with E-state index < -0.39 is 0 Å². The highest BCUT2D eigenvalue weighted by Gasteiger charge is 2.33. The first-order valence-electron chi connectivity index (χ1n) is 8.65. The topological polar surface area (TPSA) is 71.2 Å². The molecule has 132 valence electrons. The van der Waals surface area contributed by atoms with Crippen molar-refractivity contribution in [3.05, 3.63) is 45.4 Å². The number of nitrogens with zero attached hydrogens (tertiary/aromatic N) is 2. The molecule has 0 saturated carbocycles. The lowest BCUT2D eigenvalue weighted by Crippen LogP contribution is -2.39. The number of thiophene rings is 1. The maximum Gasteiger partial charge on any atom is 0.267 e. The molecule has 6 rings (SSSR count). The Morgan fingerprint density at radius 2 is 2.12 bits per heavy atom. The van der Waals surface area contributed by atoms with Crippen molar-refractivity contribution < 1.29 is 4.79 Å². The van der Waals surface area contributed by atoms with Gasteiger partial charge in [-0.3, -0.25) is 4.79 Å². The van der Waals surface area contributed by atoms with Crippen LogP contribution in [0.4, 0.5) is 17.1 Å². The number of pyridine rings is 1. The zero-order valence-corrected chi connectivity index (χ0v) is 16.4. The van der Waals surface area contributed by atoms with Gasteiger partial charge < -0.3 is 16.0 Å². The first kappa shape index (κ1) is 16.1. The number of hydrogen-bond acceptors (Lipinski definition) is 5. The number of rotatable bonds is 2. The van der Waals surface area contributed by atoms with Gasteiger partial charge in [0, 0.05) is 34.6 Å². The number of carbonyl (C=O) groups excluding carboxylic acids is 1. The van der Waals surface area contributed by atoms with Gasteiger partial charge in [0.25, 0.3) is 5.91 Å². The van der Waals surface area contributed by atoms with Crippen LogP contribution in [0.5, 0.6) is 0 Å². The van der Waals surface area contributed by atoms with E-state index in [1.54, 1.807) is 0 Å². The average molecular weight is 429 g/mol. The Balaban J connectivity index is 1.55. The van der Waals surface area contributed by atoms with Crippen molar-refractivity contribution in [3.8, 4) is 0 Å². The highest BCUT2D eigenvalue weighted by molar-refractivity contribution is 9.10. The van der Waals surface area contributed by atoms with Crippen LogP contribution in [0.15, 0.2) is 34.8 Å². The molecule has 0 aliphatic carbocycles. The summed E-state index contributed by atoms with van der Waals surface area (Å²) in [6.07, 6.45) is 2.34. The van der Waals surface area contributed by atoms with Gasteiger partial charge in [0.1, 0.15) is 9.71 Å². The van der Waals surface area contributed by atoms with Crippen LogP contribution in [0.25, 0.3) is 10.2 Å². The molecule has 1 aromatic carbocycles. The molecular weight excluding hydrogens is 412 g/mol. The van der Waals surface area contributed by atoms with Gasteiger partial charge in [-0.25, -0.2) is 4.98 Å². The van der Waals surface area contributed by atoms with Crippen LogP contribution in [-0.4, -0.2) is 24.0 Å². The summed E-state index contributed by atoms with van der Waals surface area (Å²) in [4.78, 5) is 21.4. The number of carbonyl (C=O) groups is 1. The fourth-order valence-electron chi connectivity index (χ4n) is 3.91. The normalized spacial score (nSPS) is 16.1. The van der Waals surface area contributed by atoms with E-state index in [2.05, 4.69) is 32.2 Å². The third-order valence-corrected chi connectivity index (χ3v) is 6.85. The van der Waals surface area contributed by atoms with Crippen molar-refractivity contribution in [2.75, 3.05) is 29.0 Å². The number of benzene rings is 1. The molecule has 3 aliphatic heterocycles. The van der Waals surface area contributed by atoms with Gasteiger partial charge in [0.15, 0.2) is 0 Å². The Hall–Kier alpha value is -2.12. The molecule has 3 aromatic rings. The monoisotopic (exact) mass is 428 g/mol. The molecule has 2 bridgehead atoms. The molecule has 5 nitrogen and oxygen atoms in total. The van der Waals surface area contributed by atoms with Crippen LogP contribution in [0.3, 0.4) is 0 Å². The molecule has 0 radical (unpaired) electrons. The summed E-state index contributed by atoms with van der Waals surface area (Å²) in [6.45, 7) is 2.18. The summed E-state index contributed by atoms with van der Waals surface area (Å²) in [5, 5.41) is 3.81. The predicted octanol–water partition coefficient (Wildman–Crippen LogP) is 4.59. The van der Waals surface area contributed by atoms with Gasteiger partial charge in [-0.2, -0.15) is 0 Å². The van der Waals surface area contributed by atoms with E-state index >= 15 is 0 Å². The number of aromatic nitrogens is 1. The lowest BCUT2D eigenvalue weighted by atomic mass is 9.86. The third kappa shape index (κ3) is 2.49. The van der Waals surface area contributed by atoms with Crippen molar-refractivity contribution >= 4 is 60.5 Å². The zero-order valence-electron chi connectivity index (χ0n) is 14.0. The standard InChI is InChI=1S/C19H17BrN4OS/c20-11-2-1-3-12(8-11)22-18(25)17-15(21)13-9-14-16(23-19(13)26-17)10-4-6-24(14)7-5-10/h1-3,8-10H,4-7,21H2,(H,22,25). The molecule has 2 aromatic heterocycles. The van der Waals surface area contributed by atoms with E-state index in [1.807, 2.05) is 24.3 Å². The minimum Gasteiger partial charge on any atom is -0.397 e. The fraction of sp³-hybridized carbons (Fsp3) is 0.263. The fourth-order valence-corrected chi connectivity index (χ4v) is 5.29. The molecule has 0 spiro atoms. The molecule has 3 aliphatic rings. The molecule has 7 heteroatoms. The van der Waals surface area contributed by atoms with Gasteiger partial charge in [0.05, 0.1) is 17.1 Å². The summed E-state index contributed by atoms with van der Waals surface area (Å²) in [5.41, 5.74) is 9.97. The molecule has 0 unspecified atom stereocenters. The highest BCUT2D eigenvalue weighted by Crippen LogP contribution is 2.45. The van der Waals surface area contributed by atoms with Crippen LogP contribution in [0.1, 0.15) is 34.1 Å². The number of anilines is 3. The summed E-state index contributed by atoms with van der Waals surface area (Å²) in [7, 11) is 0. The maximum atomic E-state index is 12.7. The van der Waals surface area contributed by atoms with Crippen LogP contribution < -0.4 is 16.0 Å². The number of nitrogen functional groups attached to an aromatic ring is 1. The Labute approximate surface area is 163 Å². The van der Waals surface area contributed by atoms with E-state index in [0.29, 0.717) is 16.5 Å². The van der Waals surface area contributed by atoms with Crippen LogP contribution in [0, 0.1) is 0 Å². The molecule has 1 amide bonds. The lowest BCUT2D eigenvalue weighted by molar-refractivity contribution is 0.103. The van der Waals surface area contributed by atoms with Crippen molar-refractivity contribution in [2.45, 2.75) is 18.8 Å². The van der Waals surface area contributed by atoms with E-state index in [-0.39, 0.29) is 5.91 Å². The number of nitrogens with one attached hydrogen (secondary N) is 1. The maximum absolute atomic E-state index is 12.7. The second-order valence-electron chi connectivity index (χ2n) is 6.82. The number of halogens is 1. The minimum absolute atomic E-state index is 0.190. The van der Waals surface area contributed by atoms with E-state index in [1.165, 1.54) is 35.6 Å². The smallest absolute Gasteiger partial charge is 0.267 e. The number of amides is 1.